The predicted molar refractivity (Wildman–Crippen MR) is 74.4 cm³/mol. The molecule has 82 valence electrons. The Morgan fingerprint density at radius 2 is 2.07 bits per heavy atom. The van der Waals surface area contributed by atoms with Gasteiger partial charge in [-0.2, -0.15) is 0 Å². The monoisotopic (exact) mass is 221 g/mol. The summed E-state index contributed by atoms with van der Waals surface area (Å²) in [6.45, 7) is 8.07. The minimum absolute atomic E-state index is 1.16. The highest BCUT2D eigenvalue weighted by molar-refractivity contribution is 8.07. The first kappa shape index (κ1) is 13.8. The summed E-state index contributed by atoms with van der Waals surface area (Å²) in [7, 11) is 1.94. The maximum absolute atomic E-state index is 3.13. The number of thioether (sulfide) groups is 1. The quantitative estimate of drug-likeness (QED) is 0.766. The van der Waals surface area contributed by atoms with Gasteiger partial charge in [0.25, 0.3) is 0 Å². The summed E-state index contributed by atoms with van der Waals surface area (Å²) in [5.74, 6) is 0. The lowest BCUT2D eigenvalue weighted by Gasteiger charge is -2.06. The summed E-state index contributed by atoms with van der Waals surface area (Å²) >= 11 is 1.78. The molecule has 0 radical (unpaired) electrons. The Hall–Kier alpha value is -1.15. The van der Waals surface area contributed by atoms with Gasteiger partial charge in [-0.15, -0.1) is 24.9 Å². The Bertz CT molecular complexity index is 318. The Morgan fingerprint density at radius 3 is 2.53 bits per heavy atom. The van der Waals surface area contributed by atoms with Crippen LogP contribution in [0.2, 0.25) is 0 Å². The maximum Gasteiger partial charge on any atom is 0.0343 e. The Kier molecular flexibility index (Phi) is 7.56. The largest absolute Gasteiger partial charge is 0.388 e. The van der Waals surface area contributed by atoms with E-state index in [1.54, 1.807) is 11.8 Å². The van der Waals surface area contributed by atoms with E-state index in [-0.39, 0.29) is 0 Å². The molecule has 2 heteroatoms. The molecule has 0 bridgehead atoms. The van der Waals surface area contributed by atoms with Crippen LogP contribution in [0.3, 0.4) is 0 Å². The second-order valence-electron chi connectivity index (χ2n) is 2.69. The van der Waals surface area contributed by atoms with Crippen molar-refractivity contribution in [1.29, 1.82) is 0 Å². The molecule has 0 saturated carbocycles. The average Bonchev–Trinajstić information content (AvgIpc) is 2.33. The molecule has 0 aliphatic rings. The van der Waals surface area contributed by atoms with Crippen molar-refractivity contribution in [2.24, 2.45) is 0 Å². The maximum atomic E-state index is 3.13. The van der Waals surface area contributed by atoms with E-state index in [9.17, 15) is 0 Å². The van der Waals surface area contributed by atoms with E-state index in [1.165, 1.54) is 10.5 Å². The molecule has 1 N–H and O–H groups in total. The Morgan fingerprint density at radius 1 is 1.40 bits per heavy atom. The number of hydrogen-bond acceptors (Lipinski definition) is 2. The van der Waals surface area contributed by atoms with Gasteiger partial charge in [0.05, 0.1) is 0 Å². The highest BCUT2D eigenvalue weighted by atomic mass is 32.2. The molecule has 0 fully saturated rings. The van der Waals surface area contributed by atoms with Gasteiger partial charge < -0.3 is 5.32 Å². The lowest BCUT2D eigenvalue weighted by molar-refractivity contribution is 1.50. The predicted octanol–water partition coefficient (Wildman–Crippen LogP) is 4.25. The number of nitrogens with one attached hydrogen (secondary N) is 1. The summed E-state index contributed by atoms with van der Waals surface area (Å²) in [4.78, 5) is 1.32. The summed E-state index contributed by atoms with van der Waals surface area (Å²) in [6, 6.07) is 8.43. The van der Waals surface area contributed by atoms with Gasteiger partial charge in [0.15, 0.2) is 0 Å². The SMILES string of the molecule is C/C=C(\SC)c1cccc(NC)c1.C=C. The molecule has 0 aromatic heterocycles. The fourth-order valence-corrected chi connectivity index (χ4v) is 1.83. The molecular formula is C13H19NS. The fraction of sp³-hybridized carbons (Fsp3) is 0.231. The summed E-state index contributed by atoms with van der Waals surface area (Å²) < 4.78 is 0. The zero-order chi connectivity index (χ0) is 11.7. The second kappa shape index (κ2) is 8.18. The fourth-order valence-electron chi connectivity index (χ4n) is 1.23. The first-order chi connectivity index (χ1) is 7.31. The van der Waals surface area contributed by atoms with Gasteiger partial charge in [-0.3, -0.25) is 0 Å². The van der Waals surface area contributed by atoms with Gasteiger partial charge in [0.2, 0.25) is 0 Å². The molecule has 1 rings (SSSR count). The number of anilines is 1. The van der Waals surface area contributed by atoms with E-state index in [4.69, 9.17) is 0 Å². The highest BCUT2D eigenvalue weighted by Gasteiger charge is 1.98. The van der Waals surface area contributed by atoms with Crippen LogP contribution in [0, 0.1) is 0 Å². The summed E-state index contributed by atoms with van der Waals surface area (Å²) in [6.07, 6.45) is 4.24. The zero-order valence-electron chi connectivity index (χ0n) is 9.71. The molecule has 0 amide bonds. The smallest absolute Gasteiger partial charge is 0.0343 e. The molecule has 0 unspecified atom stereocenters. The second-order valence-corrected chi connectivity index (χ2v) is 3.54. The lowest BCUT2D eigenvalue weighted by Crippen LogP contribution is -1.88. The van der Waals surface area contributed by atoms with Crippen LogP contribution in [0.1, 0.15) is 12.5 Å². The van der Waals surface area contributed by atoms with Crippen LogP contribution in [0.5, 0.6) is 0 Å². The van der Waals surface area contributed by atoms with Gasteiger partial charge in [-0.1, -0.05) is 18.2 Å². The van der Waals surface area contributed by atoms with E-state index in [0.29, 0.717) is 0 Å². The molecule has 0 atom stereocenters. The van der Waals surface area contributed by atoms with Crippen molar-refractivity contribution < 1.29 is 0 Å². The molecule has 15 heavy (non-hydrogen) atoms. The molecule has 1 aromatic rings. The van der Waals surface area contributed by atoms with Crippen LogP contribution in [0.25, 0.3) is 4.91 Å². The average molecular weight is 221 g/mol. The number of allylic oxidation sites excluding steroid dienone is 1. The third-order valence-electron chi connectivity index (χ3n) is 1.92. The van der Waals surface area contributed by atoms with E-state index in [2.05, 4.69) is 62.0 Å². The first-order valence-electron chi connectivity index (χ1n) is 4.80. The van der Waals surface area contributed by atoms with E-state index in [1.807, 2.05) is 7.05 Å². The van der Waals surface area contributed by atoms with Gasteiger partial charge in [0.1, 0.15) is 0 Å². The van der Waals surface area contributed by atoms with Gasteiger partial charge in [-0.05, 0) is 30.9 Å². The minimum atomic E-state index is 1.16. The van der Waals surface area contributed by atoms with Crippen LogP contribution in [-0.2, 0) is 0 Å². The van der Waals surface area contributed by atoms with Crippen LogP contribution in [-0.4, -0.2) is 13.3 Å². The van der Waals surface area contributed by atoms with E-state index >= 15 is 0 Å². The van der Waals surface area contributed by atoms with Gasteiger partial charge >= 0.3 is 0 Å². The van der Waals surface area contributed by atoms with Crippen LogP contribution in [0.15, 0.2) is 43.5 Å². The topological polar surface area (TPSA) is 12.0 Å². The van der Waals surface area contributed by atoms with Crippen molar-refractivity contribution in [2.75, 3.05) is 18.6 Å². The normalized spacial score (nSPS) is 10.2. The third-order valence-corrected chi connectivity index (χ3v) is 2.83. The Balaban J connectivity index is 0.000000921. The number of benzene rings is 1. The summed E-state index contributed by atoms with van der Waals surface area (Å²) in [5.41, 5.74) is 2.44. The van der Waals surface area contributed by atoms with Crippen LogP contribution in [0.4, 0.5) is 5.69 Å². The minimum Gasteiger partial charge on any atom is -0.388 e. The third kappa shape index (κ3) is 4.26. The van der Waals surface area contributed by atoms with Crippen molar-refractivity contribution in [3.05, 3.63) is 49.1 Å². The Labute approximate surface area is 97.3 Å². The van der Waals surface area contributed by atoms with Crippen LogP contribution >= 0.6 is 11.8 Å². The molecular weight excluding hydrogens is 202 g/mol. The van der Waals surface area contributed by atoms with Crippen molar-refractivity contribution in [3.8, 4) is 0 Å². The van der Waals surface area contributed by atoms with Crippen molar-refractivity contribution in [3.63, 3.8) is 0 Å². The van der Waals surface area contributed by atoms with E-state index < -0.39 is 0 Å². The van der Waals surface area contributed by atoms with E-state index in [0.717, 1.165) is 5.69 Å². The lowest BCUT2D eigenvalue weighted by atomic mass is 10.2. The van der Waals surface area contributed by atoms with Gasteiger partial charge in [-0.25, -0.2) is 0 Å². The van der Waals surface area contributed by atoms with Crippen molar-refractivity contribution in [1.82, 2.24) is 0 Å². The highest BCUT2D eigenvalue weighted by Crippen LogP contribution is 2.26. The molecule has 1 nitrogen and oxygen atoms in total. The number of hydrogen-bond donors (Lipinski definition) is 1. The molecule has 0 saturated heterocycles. The molecule has 0 aliphatic heterocycles. The molecule has 0 aliphatic carbocycles. The summed E-state index contributed by atoms with van der Waals surface area (Å²) in [5, 5.41) is 3.13. The first-order valence-corrected chi connectivity index (χ1v) is 6.02. The zero-order valence-corrected chi connectivity index (χ0v) is 10.5. The molecule has 0 spiro atoms. The van der Waals surface area contributed by atoms with Crippen LogP contribution < -0.4 is 5.32 Å². The molecule has 1 aromatic carbocycles. The number of rotatable bonds is 3. The molecule has 0 heterocycles. The van der Waals surface area contributed by atoms with Gasteiger partial charge in [0, 0.05) is 17.6 Å². The van der Waals surface area contributed by atoms with Crippen molar-refractivity contribution >= 4 is 22.4 Å². The van der Waals surface area contributed by atoms with Crippen molar-refractivity contribution in [2.45, 2.75) is 6.92 Å². The standard InChI is InChI=1S/C11H15NS.C2H4/c1-4-11(13-3)9-6-5-7-10(8-9)12-2;1-2/h4-8,12H,1-3H3;1-2H2/b11-4-;.